The SMILES string of the molecule is CO/C=C(/C(=O)O)c1ccccc1Oc1cc(C)nc(Oc2cccnc2Cl)n1. The summed E-state index contributed by atoms with van der Waals surface area (Å²) in [6.07, 6.45) is 2.67. The number of halogens is 1. The highest BCUT2D eigenvalue weighted by Gasteiger charge is 2.17. The molecule has 3 aromatic rings. The summed E-state index contributed by atoms with van der Waals surface area (Å²) < 4.78 is 16.3. The van der Waals surface area contributed by atoms with Crippen molar-refractivity contribution in [3.63, 3.8) is 0 Å². The fourth-order valence-electron chi connectivity index (χ4n) is 2.39. The van der Waals surface area contributed by atoms with Crippen molar-refractivity contribution < 1.29 is 24.1 Å². The molecule has 0 aliphatic rings. The second kappa shape index (κ2) is 9.03. The third kappa shape index (κ3) is 4.99. The zero-order chi connectivity index (χ0) is 20.8. The molecule has 29 heavy (non-hydrogen) atoms. The summed E-state index contributed by atoms with van der Waals surface area (Å²) in [5, 5.41) is 9.63. The molecule has 0 spiro atoms. The molecule has 148 valence electrons. The first-order chi connectivity index (χ1) is 14.0. The van der Waals surface area contributed by atoms with Crippen LogP contribution < -0.4 is 9.47 Å². The number of carboxylic acids is 1. The van der Waals surface area contributed by atoms with Crippen molar-refractivity contribution in [3.05, 3.63) is 71.3 Å². The van der Waals surface area contributed by atoms with E-state index in [9.17, 15) is 9.90 Å². The van der Waals surface area contributed by atoms with Crippen molar-refractivity contribution in [1.29, 1.82) is 0 Å². The average Bonchev–Trinajstić information content (AvgIpc) is 2.68. The maximum Gasteiger partial charge on any atom is 0.339 e. The van der Waals surface area contributed by atoms with Crippen LogP contribution in [0.5, 0.6) is 23.4 Å². The van der Waals surface area contributed by atoms with Crippen molar-refractivity contribution in [3.8, 4) is 23.4 Å². The van der Waals surface area contributed by atoms with Crippen LogP contribution in [0.1, 0.15) is 11.3 Å². The van der Waals surface area contributed by atoms with Crippen LogP contribution >= 0.6 is 11.6 Å². The van der Waals surface area contributed by atoms with Gasteiger partial charge in [-0.15, -0.1) is 0 Å². The van der Waals surface area contributed by atoms with Crippen molar-refractivity contribution in [1.82, 2.24) is 15.0 Å². The number of aromatic nitrogens is 3. The van der Waals surface area contributed by atoms with Crippen molar-refractivity contribution in [2.75, 3.05) is 7.11 Å². The highest BCUT2D eigenvalue weighted by molar-refractivity contribution is 6.30. The third-order valence-corrected chi connectivity index (χ3v) is 3.88. The fraction of sp³-hybridized carbons (Fsp3) is 0.100. The second-order valence-electron chi connectivity index (χ2n) is 5.70. The van der Waals surface area contributed by atoms with E-state index in [-0.39, 0.29) is 28.4 Å². The number of aliphatic carboxylic acids is 1. The Morgan fingerprint density at radius 1 is 1.10 bits per heavy atom. The average molecular weight is 414 g/mol. The predicted molar refractivity (Wildman–Crippen MR) is 105 cm³/mol. The van der Waals surface area contributed by atoms with Crippen LogP contribution in [0.4, 0.5) is 0 Å². The van der Waals surface area contributed by atoms with Gasteiger partial charge in [0.1, 0.15) is 11.3 Å². The van der Waals surface area contributed by atoms with Gasteiger partial charge in [-0.3, -0.25) is 0 Å². The van der Waals surface area contributed by atoms with Crippen molar-refractivity contribution in [2.45, 2.75) is 6.92 Å². The first-order valence-corrected chi connectivity index (χ1v) is 8.73. The lowest BCUT2D eigenvalue weighted by molar-refractivity contribution is -0.130. The molecule has 9 heteroatoms. The lowest BCUT2D eigenvalue weighted by atomic mass is 10.1. The van der Waals surface area contributed by atoms with E-state index >= 15 is 0 Å². The number of para-hydroxylation sites is 1. The van der Waals surface area contributed by atoms with Gasteiger partial charge in [-0.05, 0) is 25.1 Å². The van der Waals surface area contributed by atoms with Gasteiger partial charge >= 0.3 is 12.0 Å². The summed E-state index contributed by atoms with van der Waals surface area (Å²) in [6.45, 7) is 1.74. The monoisotopic (exact) mass is 413 g/mol. The minimum absolute atomic E-state index is 0.0123. The summed E-state index contributed by atoms with van der Waals surface area (Å²) in [7, 11) is 1.37. The second-order valence-corrected chi connectivity index (χ2v) is 6.05. The molecule has 2 heterocycles. The standard InChI is InChI=1S/C20H16ClN3O5/c1-12-10-17(24-20(23-12)29-16-8-5-9-22-18(16)21)28-15-7-4-3-6-13(15)14(11-27-2)19(25)26/h3-11H,1-2H3,(H,25,26)/b14-11+. The number of nitrogens with zero attached hydrogens (tertiary/aromatic N) is 3. The molecule has 0 aliphatic carbocycles. The molecule has 0 radical (unpaired) electrons. The lowest BCUT2D eigenvalue weighted by Gasteiger charge is -2.12. The lowest BCUT2D eigenvalue weighted by Crippen LogP contribution is -2.03. The topological polar surface area (TPSA) is 104 Å². The highest BCUT2D eigenvalue weighted by atomic mass is 35.5. The number of rotatable bonds is 7. The van der Waals surface area contributed by atoms with Crippen LogP contribution in [0.3, 0.4) is 0 Å². The highest BCUT2D eigenvalue weighted by Crippen LogP contribution is 2.31. The summed E-state index contributed by atoms with van der Waals surface area (Å²) in [6, 6.07) is 11.5. The first-order valence-electron chi connectivity index (χ1n) is 8.35. The van der Waals surface area contributed by atoms with Crippen LogP contribution in [-0.4, -0.2) is 33.1 Å². The normalized spacial score (nSPS) is 11.1. The van der Waals surface area contributed by atoms with Gasteiger partial charge in [0.25, 0.3) is 0 Å². The molecule has 0 saturated heterocycles. The van der Waals surface area contributed by atoms with Gasteiger partial charge in [0.15, 0.2) is 10.9 Å². The molecular formula is C20H16ClN3O5. The molecule has 0 fully saturated rings. The number of aryl methyl sites for hydroxylation is 1. The van der Waals surface area contributed by atoms with E-state index in [1.165, 1.54) is 13.3 Å². The number of pyridine rings is 1. The van der Waals surface area contributed by atoms with E-state index in [2.05, 4.69) is 15.0 Å². The van der Waals surface area contributed by atoms with Crippen molar-refractivity contribution >= 4 is 23.1 Å². The quantitative estimate of drug-likeness (QED) is 0.343. The van der Waals surface area contributed by atoms with Crippen LogP contribution in [0, 0.1) is 6.92 Å². The number of benzene rings is 1. The molecule has 1 N–H and O–H groups in total. The summed E-state index contributed by atoms with van der Waals surface area (Å²) in [5.41, 5.74) is 0.844. The van der Waals surface area contributed by atoms with Crippen LogP contribution in [0.15, 0.2) is 54.9 Å². The van der Waals surface area contributed by atoms with E-state index in [0.29, 0.717) is 17.0 Å². The molecule has 1 aromatic carbocycles. The van der Waals surface area contributed by atoms with E-state index in [1.54, 1.807) is 49.4 Å². The van der Waals surface area contributed by atoms with Gasteiger partial charge in [0.05, 0.1) is 13.4 Å². The minimum atomic E-state index is -1.16. The Morgan fingerprint density at radius 3 is 2.59 bits per heavy atom. The van der Waals surface area contributed by atoms with Gasteiger partial charge in [-0.1, -0.05) is 29.8 Å². The van der Waals surface area contributed by atoms with Gasteiger partial charge in [-0.25, -0.2) is 9.78 Å². The van der Waals surface area contributed by atoms with Crippen LogP contribution in [-0.2, 0) is 9.53 Å². The zero-order valence-electron chi connectivity index (χ0n) is 15.5. The number of hydrogen-bond acceptors (Lipinski definition) is 7. The Labute approximate surface area is 171 Å². The Bertz CT molecular complexity index is 1070. The smallest absolute Gasteiger partial charge is 0.339 e. The maximum atomic E-state index is 11.6. The number of methoxy groups -OCH3 is 1. The fourth-order valence-corrected chi connectivity index (χ4v) is 2.55. The first kappa shape index (κ1) is 20.1. The zero-order valence-corrected chi connectivity index (χ0v) is 16.3. The molecule has 0 saturated carbocycles. The largest absolute Gasteiger partial charge is 0.503 e. The Morgan fingerprint density at radius 2 is 1.86 bits per heavy atom. The Balaban J connectivity index is 1.94. The van der Waals surface area contributed by atoms with Gasteiger partial charge in [0.2, 0.25) is 5.88 Å². The molecular weight excluding hydrogens is 398 g/mol. The molecule has 0 amide bonds. The van der Waals surface area contributed by atoms with Gasteiger partial charge < -0.3 is 19.3 Å². The summed E-state index contributed by atoms with van der Waals surface area (Å²) in [5.74, 6) is -0.414. The minimum Gasteiger partial charge on any atom is -0.503 e. The van der Waals surface area contributed by atoms with E-state index in [1.807, 2.05) is 0 Å². The maximum absolute atomic E-state index is 11.6. The van der Waals surface area contributed by atoms with Crippen LogP contribution in [0.2, 0.25) is 5.15 Å². The molecule has 0 aliphatic heterocycles. The Hall–Kier alpha value is -3.65. The molecule has 8 nitrogen and oxygen atoms in total. The Kier molecular flexibility index (Phi) is 6.25. The van der Waals surface area contributed by atoms with E-state index in [4.69, 9.17) is 25.8 Å². The van der Waals surface area contributed by atoms with E-state index in [0.717, 1.165) is 6.26 Å². The molecule has 3 rings (SSSR count). The molecule has 2 aromatic heterocycles. The summed E-state index contributed by atoms with van der Waals surface area (Å²) in [4.78, 5) is 23.9. The summed E-state index contributed by atoms with van der Waals surface area (Å²) >= 11 is 6.00. The number of carbonyl (C=O) groups is 1. The predicted octanol–water partition coefficient (Wildman–Crippen LogP) is 4.49. The molecule has 0 bridgehead atoms. The van der Waals surface area contributed by atoms with Gasteiger partial charge in [0, 0.05) is 23.5 Å². The van der Waals surface area contributed by atoms with Gasteiger partial charge in [-0.2, -0.15) is 9.97 Å². The van der Waals surface area contributed by atoms with Crippen molar-refractivity contribution in [2.24, 2.45) is 0 Å². The number of ether oxygens (including phenoxy) is 3. The molecule has 0 unspecified atom stereocenters. The molecule has 0 atom stereocenters. The number of carboxylic acid groups (broad SMARTS) is 1. The third-order valence-electron chi connectivity index (χ3n) is 3.59. The number of hydrogen-bond donors (Lipinski definition) is 1. The van der Waals surface area contributed by atoms with Crippen LogP contribution in [0.25, 0.3) is 5.57 Å². The van der Waals surface area contributed by atoms with E-state index < -0.39 is 5.97 Å².